The first-order valence-corrected chi connectivity index (χ1v) is 10.2. The number of ether oxygens (including phenoxy) is 1. The molecule has 6 nitrogen and oxygen atoms in total. The van der Waals surface area contributed by atoms with E-state index in [-0.39, 0.29) is 23.5 Å². The highest BCUT2D eigenvalue weighted by Crippen LogP contribution is 2.20. The molecule has 0 N–H and O–H groups in total. The Morgan fingerprint density at radius 3 is 2.68 bits per heavy atom. The molecule has 1 saturated heterocycles. The Balaban J connectivity index is 1.85. The molecule has 0 spiro atoms. The van der Waals surface area contributed by atoms with Crippen molar-refractivity contribution in [3.8, 4) is 0 Å². The number of unbranched alkanes of at least 4 members (excludes halogenated alkanes) is 1. The number of amides is 1. The van der Waals surface area contributed by atoms with Crippen LogP contribution < -0.4 is 0 Å². The third-order valence-corrected chi connectivity index (χ3v) is 5.57. The Kier molecular flexibility index (Phi) is 7.25. The maximum absolute atomic E-state index is 12.2. The number of piperidine rings is 1. The van der Waals surface area contributed by atoms with E-state index in [2.05, 4.69) is 0 Å². The SMILES string of the molecule is CCCCOC(=O)N1CCCC(COS(=O)(=O)c2ccc(C)cc2)C1. The Morgan fingerprint density at radius 1 is 1.28 bits per heavy atom. The van der Waals surface area contributed by atoms with E-state index in [4.69, 9.17) is 8.92 Å². The van der Waals surface area contributed by atoms with Gasteiger partial charge in [0, 0.05) is 19.0 Å². The van der Waals surface area contributed by atoms with Gasteiger partial charge in [0.25, 0.3) is 10.1 Å². The van der Waals surface area contributed by atoms with Crippen LogP contribution in [0.3, 0.4) is 0 Å². The lowest BCUT2D eigenvalue weighted by atomic mass is 10.00. The average Bonchev–Trinajstić information content (AvgIpc) is 2.61. The van der Waals surface area contributed by atoms with Crippen molar-refractivity contribution >= 4 is 16.2 Å². The minimum Gasteiger partial charge on any atom is -0.449 e. The number of carbonyl (C=O) groups is 1. The van der Waals surface area contributed by atoms with Crippen LogP contribution in [0.2, 0.25) is 0 Å². The van der Waals surface area contributed by atoms with E-state index in [1.807, 2.05) is 13.8 Å². The van der Waals surface area contributed by atoms with Crippen LogP contribution in [0, 0.1) is 12.8 Å². The molecular formula is C18H27NO5S. The second-order valence-electron chi connectivity index (χ2n) is 6.47. The molecule has 140 valence electrons. The molecule has 7 heteroatoms. The number of likely N-dealkylation sites (tertiary alicyclic amines) is 1. The zero-order chi connectivity index (χ0) is 18.3. The van der Waals surface area contributed by atoms with Gasteiger partial charge in [-0.2, -0.15) is 8.42 Å². The van der Waals surface area contributed by atoms with Crippen molar-refractivity contribution in [1.29, 1.82) is 0 Å². The largest absolute Gasteiger partial charge is 0.449 e. The van der Waals surface area contributed by atoms with Gasteiger partial charge in [-0.25, -0.2) is 4.79 Å². The molecule has 0 aromatic heterocycles. The Labute approximate surface area is 150 Å². The molecule has 0 saturated carbocycles. The third kappa shape index (κ3) is 6.01. The molecule has 1 atom stereocenters. The molecule has 2 rings (SSSR count). The van der Waals surface area contributed by atoms with Crippen molar-refractivity contribution in [3.63, 3.8) is 0 Å². The van der Waals surface area contributed by atoms with E-state index in [1.54, 1.807) is 29.2 Å². The van der Waals surface area contributed by atoms with Gasteiger partial charge in [-0.05, 0) is 38.3 Å². The molecule has 1 aliphatic heterocycles. The molecule has 1 fully saturated rings. The maximum atomic E-state index is 12.2. The zero-order valence-electron chi connectivity index (χ0n) is 14.9. The minimum atomic E-state index is -3.77. The van der Waals surface area contributed by atoms with E-state index >= 15 is 0 Å². The molecule has 1 aromatic carbocycles. The quantitative estimate of drug-likeness (QED) is 0.544. The second kappa shape index (κ2) is 9.20. The highest BCUT2D eigenvalue weighted by Gasteiger charge is 2.26. The van der Waals surface area contributed by atoms with Crippen molar-refractivity contribution in [1.82, 2.24) is 4.90 Å². The summed E-state index contributed by atoms with van der Waals surface area (Å²) in [6.45, 7) is 5.55. The summed E-state index contributed by atoms with van der Waals surface area (Å²) in [4.78, 5) is 13.8. The molecule has 1 amide bonds. The first-order chi connectivity index (χ1) is 11.9. The van der Waals surface area contributed by atoms with Gasteiger partial charge in [0.15, 0.2) is 0 Å². The van der Waals surface area contributed by atoms with Crippen LogP contribution in [-0.4, -0.2) is 45.7 Å². The van der Waals surface area contributed by atoms with Crippen molar-refractivity contribution < 1.29 is 22.1 Å². The summed E-state index contributed by atoms with van der Waals surface area (Å²) in [6, 6.07) is 6.57. The average molecular weight is 369 g/mol. The van der Waals surface area contributed by atoms with Gasteiger partial charge in [-0.1, -0.05) is 31.0 Å². The highest BCUT2D eigenvalue weighted by molar-refractivity contribution is 7.86. The minimum absolute atomic E-state index is 0.00676. The van der Waals surface area contributed by atoms with Crippen LogP contribution >= 0.6 is 0 Å². The number of carbonyl (C=O) groups excluding carboxylic acids is 1. The summed E-state index contributed by atoms with van der Waals surface area (Å²) in [6.07, 6.45) is 3.16. The summed E-state index contributed by atoms with van der Waals surface area (Å²) in [7, 11) is -3.77. The molecular weight excluding hydrogens is 342 g/mol. The topological polar surface area (TPSA) is 72.9 Å². The van der Waals surface area contributed by atoms with Gasteiger partial charge in [0.05, 0.1) is 18.1 Å². The van der Waals surface area contributed by atoms with Gasteiger partial charge in [0.1, 0.15) is 0 Å². The Morgan fingerprint density at radius 2 is 2.00 bits per heavy atom. The molecule has 0 bridgehead atoms. The number of aryl methyl sites for hydroxylation is 1. The van der Waals surface area contributed by atoms with Crippen molar-refractivity contribution in [2.24, 2.45) is 5.92 Å². The zero-order valence-corrected chi connectivity index (χ0v) is 15.8. The number of hydrogen-bond acceptors (Lipinski definition) is 5. The van der Waals surface area contributed by atoms with Gasteiger partial charge >= 0.3 is 6.09 Å². The van der Waals surface area contributed by atoms with Gasteiger partial charge in [0.2, 0.25) is 0 Å². The van der Waals surface area contributed by atoms with E-state index in [1.165, 1.54) is 0 Å². The molecule has 0 radical (unpaired) electrons. The fourth-order valence-electron chi connectivity index (χ4n) is 2.72. The number of benzene rings is 1. The van der Waals surface area contributed by atoms with Gasteiger partial charge < -0.3 is 9.64 Å². The molecule has 1 unspecified atom stereocenters. The lowest BCUT2D eigenvalue weighted by Crippen LogP contribution is -2.41. The van der Waals surface area contributed by atoms with Crippen LogP contribution in [0.5, 0.6) is 0 Å². The fourth-order valence-corrected chi connectivity index (χ4v) is 3.70. The van der Waals surface area contributed by atoms with E-state index in [9.17, 15) is 13.2 Å². The van der Waals surface area contributed by atoms with Crippen molar-refractivity contribution in [2.45, 2.75) is 44.4 Å². The fraction of sp³-hybridized carbons (Fsp3) is 0.611. The first kappa shape index (κ1) is 19.7. The van der Waals surface area contributed by atoms with Gasteiger partial charge in [-0.15, -0.1) is 0 Å². The Bertz CT molecular complexity index is 657. The van der Waals surface area contributed by atoms with E-state index in [0.717, 1.165) is 31.2 Å². The standard InChI is InChI=1S/C18H27NO5S/c1-3-4-12-23-18(20)19-11-5-6-16(13-19)14-24-25(21,22)17-9-7-15(2)8-10-17/h7-10,16H,3-6,11-14H2,1-2H3. The monoisotopic (exact) mass is 369 g/mol. The summed E-state index contributed by atoms with van der Waals surface area (Å²) in [5, 5.41) is 0. The molecule has 1 aliphatic rings. The molecule has 0 aliphatic carbocycles. The maximum Gasteiger partial charge on any atom is 0.409 e. The van der Waals surface area contributed by atoms with E-state index in [0.29, 0.717) is 19.7 Å². The van der Waals surface area contributed by atoms with Crippen LogP contribution in [-0.2, 0) is 19.0 Å². The third-order valence-electron chi connectivity index (χ3n) is 4.27. The van der Waals surface area contributed by atoms with E-state index < -0.39 is 10.1 Å². The summed E-state index contributed by atoms with van der Waals surface area (Å²) >= 11 is 0. The van der Waals surface area contributed by atoms with Crippen molar-refractivity contribution in [3.05, 3.63) is 29.8 Å². The predicted octanol–water partition coefficient (Wildman–Crippen LogP) is 3.35. The number of hydrogen-bond donors (Lipinski definition) is 0. The van der Waals surface area contributed by atoms with Crippen LogP contribution in [0.1, 0.15) is 38.2 Å². The summed E-state index contributed by atoms with van der Waals surface area (Å²) in [5.74, 6) is -0.00676. The predicted molar refractivity (Wildman–Crippen MR) is 94.9 cm³/mol. The Hall–Kier alpha value is -1.60. The van der Waals surface area contributed by atoms with Crippen LogP contribution in [0.4, 0.5) is 4.79 Å². The number of nitrogens with zero attached hydrogens (tertiary/aromatic N) is 1. The van der Waals surface area contributed by atoms with Gasteiger partial charge in [-0.3, -0.25) is 4.18 Å². The lowest BCUT2D eigenvalue weighted by Gasteiger charge is -2.31. The lowest BCUT2D eigenvalue weighted by molar-refractivity contribution is 0.0755. The normalized spacial score (nSPS) is 18.2. The summed E-state index contributed by atoms with van der Waals surface area (Å²) < 4.78 is 34.9. The molecule has 1 aromatic rings. The van der Waals surface area contributed by atoms with Crippen LogP contribution in [0.25, 0.3) is 0 Å². The molecule has 25 heavy (non-hydrogen) atoms. The number of rotatable bonds is 7. The summed E-state index contributed by atoms with van der Waals surface area (Å²) in [5.41, 5.74) is 0.989. The van der Waals surface area contributed by atoms with Crippen LogP contribution in [0.15, 0.2) is 29.2 Å². The van der Waals surface area contributed by atoms with Crippen molar-refractivity contribution in [2.75, 3.05) is 26.3 Å². The second-order valence-corrected chi connectivity index (χ2v) is 8.09. The molecule has 1 heterocycles. The highest BCUT2D eigenvalue weighted by atomic mass is 32.2. The first-order valence-electron chi connectivity index (χ1n) is 8.80. The smallest absolute Gasteiger partial charge is 0.409 e.